The average molecular weight is 518 g/mol. The van der Waals surface area contributed by atoms with Crippen LogP contribution in [0, 0.1) is 11.3 Å². The molecule has 31 heavy (non-hydrogen) atoms. The van der Waals surface area contributed by atoms with Gasteiger partial charge >= 0.3 is 0 Å². The van der Waals surface area contributed by atoms with Crippen molar-refractivity contribution in [1.82, 2.24) is 0 Å². The lowest BCUT2D eigenvalue weighted by atomic mass is 9.83. The molecule has 3 aromatic carbocycles. The fourth-order valence-electron chi connectivity index (χ4n) is 3.43. The molecule has 4 rings (SSSR count). The second-order valence-electron chi connectivity index (χ2n) is 6.87. The van der Waals surface area contributed by atoms with Crippen molar-refractivity contribution in [2.24, 2.45) is 5.73 Å². The predicted molar refractivity (Wildman–Crippen MR) is 122 cm³/mol. The van der Waals surface area contributed by atoms with Crippen LogP contribution in [0.15, 0.2) is 70.5 Å². The molecular weight excluding hydrogens is 503 g/mol. The maximum absolute atomic E-state index is 9.85. The third kappa shape index (κ3) is 4.31. The van der Waals surface area contributed by atoms with E-state index < -0.39 is 5.92 Å². The zero-order valence-electron chi connectivity index (χ0n) is 15.9. The number of nitrogens with zero attached hydrogens (tertiary/aromatic N) is 1. The number of allylic oxidation sites excluding steroid dienone is 1. The van der Waals surface area contributed by atoms with Gasteiger partial charge in [0.25, 0.3) is 0 Å². The molecule has 1 aliphatic rings. The van der Waals surface area contributed by atoms with Crippen LogP contribution in [0.4, 0.5) is 0 Å². The molecule has 0 amide bonds. The van der Waals surface area contributed by atoms with Crippen molar-refractivity contribution in [2.45, 2.75) is 12.5 Å². The minimum atomic E-state index is -0.532. The molecule has 5 nitrogen and oxygen atoms in total. The zero-order chi connectivity index (χ0) is 22.1. The number of phenolic OH excluding ortho intramolecular Hbond substituents is 1. The predicted octanol–water partition coefficient (Wildman–Crippen LogP) is 6.26. The Hall–Kier alpha value is -2.85. The zero-order valence-corrected chi connectivity index (χ0v) is 19.0. The highest BCUT2D eigenvalue weighted by Crippen LogP contribution is 2.46. The summed E-state index contributed by atoms with van der Waals surface area (Å²) in [5.74, 6) is 0.449. The molecule has 0 saturated carbocycles. The minimum Gasteiger partial charge on any atom is -0.508 e. The van der Waals surface area contributed by atoms with Gasteiger partial charge < -0.3 is 20.3 Å². The summed E-state index contributed by atoms with van der Waals surface area (Å²) in [6.07, 6.45) is 0. The Kier molecular flexibility index (Phi) is 6.01. The van der Waals surface area contributed by atoms with E-state index in [2.05, 4.69) is 22.0 Å². The van der Waals surface area contributed by atoms with E-state index in [0.29, 0.717) is 27.1 Å². The SMILES string of the molecule is N#CC1=C(N)Oc2cc(O)ccc2[C@@H]1c1cc(Br)ccc1OCc1ccc(Cl)c(Cl)c1. The lowest BCUT2D eigenvalue weighted by Gasteiger charge is -2.28. The summed E-state index contributed by atoms with van der Waals surface area (Å²) in [4.78, 5) is 0. The molecule has 1 atom stereocenters. The Bertz CT molecular complexity index is 1250. The Morgan fingerprint density at radius 1 is 1.06 bits per heavy atom. The summed E-state index contributed by atoms with van der Waals surface area (Å²) < 4.78 is 12.5. The molecule has 0 aromatic heterocycles. The van der Waals surface area contributed by atoms with Crippen LogP contribution in [0.1, 0.15) is 22.6 Å². The number of halogens is 3. The van der Waals surface area contributed by atoms with Gasteiger partial charge in [-0.25, -0.2) is 0 Å². The van der Waals surface area contributed by atoms with Gasteiger partial charge in [-0.15, -0.1) is 0 Å². The van der Waals surface area contributed by atoms with Crippen molar-refractivity contribution in [1.29, 1.82) is 5.26 Å². The molecule has 1 aliphatic heterocycles. The van der Waals surface area contributed by atoms with Crippen LogP contribution in [0.25, 0.3) is 0 Å². The van der Waals surface area contributed by atoms with Crippen LogP contribution in [0.5, 0.6) is 17.2 Å². The van der Waals surface area contributed by atoms with E-state index in [4.69, 9.17) is 38.4 Å². The van der Waals surface area contributed by atoms with Crippen molar-refractivity contribution in [3.05, 3.63) is 97.3 Å². The van der Waals surface area contributed by atoms with Crippen molar-refractivity contribution in [3.63, 3.8) is 0 Å². The third-order valence-electron chi connectivity index (χ3n) is 4.86. The molecule has 0 unspecified atom stereocenters. The smallest absolute Gasteiger partial charge is 0.205 e. The first-order valence-electron chi connectivity index (χ1n) is 9.14. The van der Waals surface area contributed by atoms with E-state index in [9.17, 15) is 10.4 Å². The molecule has 3 N–H and O–H groups in total. The van der Waals surface area contributed by atoms with Gasteiger partial charge in [0.2, 0.25) is 5.88 Å². The molecule has 0 saturated heterocycles. The highest BCUT2D eigenvalue weighted by atomic mass is 79.9. The standard InChI is InChI=1S/C23H15BrCl2N2O3/c24-13-2-6-20(30-11-12-1-5-18(25)19(26)7-12)16(8-13)22-15-4-3-14(29)9-21(15)31-23(28)17(22)10-27/h1-9,22,29H,11,28H2/t22-/m1/s1. The molecule has 3 aromatic rings. The number of ether oxygens (including phenoxy) is 2. The lowest BCUT2D eigenvalue weighted by Crippen LogP contribution is -2.21. The molecular formula is C23H15BrCl2N2O3. The van der Waals surface area contributed by atoms with Crippen LogP contribution in [0.2, 0.25) is 10.0 Å². The van der Waals surface area contributed by atoms with E-state index in [-0.39, 0.29) is 23.8 Å². The van der Waals surface area contributed by atoms with Gasteiger partial charge in [-0.1, -0.05) is 51.3 Å². The van der Waals surface area contributed by atoms with Crippen LogP contribution in [-0.4, -0.2) is 5.11 Å². The lowest BCUT2D eigenvalue weighted by molar-refractivity contribution is 0.301. The number of benzene rings is 3. The van der Waals surface area contributed by atoms with Crippen LogP contribution in [-0.2, 0) is 6.61 Å². The van der Waals surface area contributed by atoms with Gasteiger partial charge in [0.15, 0.2) is 0 Å². The van der Waals surface area contributed by atoms with Gasteiger partial charge in [0.05, 0.1) is 16.0 Å². The van der Waals surface area contributed by atoms with E-state index in [1.165, 1.54) is 6.07 Å². The number of nitrogens with two attached hydrogens (primary N) is 1. The summed E-state index contributed by atoms with van der Waals surface area (Å²) in [6, 6.07) is 17.7. The van der Waals surface area contributed by atoms with Crippen molar-refractivity contribution < 1.29 is 14.6 Å². The average Bonchev–Trinajstić information content (AvgIpc) is 2.74. The fourth-order valence-corrected chi connectivity index (χ4v) is 4.13. The monoisotopic (exact) mass is 516 g/mol. The normalized spacial score (nSPS) is 15.1. The molecule has 0 radical (unpaired) electrons. The summed E-state index contributed by atoms with van der Waals surface area (Å²) >= 11 is 15.6. The summed E-state index contributed by atoms with van der Waals surface area (Å²) in [5.41, 5.74) is 8.56. The molecule has 1 heterocycles. The first-order chi connectivity index (χ1) is 14.9. The fraction of sp³-hybridized carbons (Fsp3) is 0.0870. The van der Waals surface area contributed by atoms with Crippen molar-refractivity contribution in [2.75, 3.05) is 0 Å². The van der Waals surface area contributed by atoms with Crippen molar-refractivity contribution >= 4 is 39.1 Å². The summed E-state index contributed by atoms with van der Waals surface area (Å²) in [6.45, 7) is 0.248. The van der Waals surface area contributed by atoms with E-state index >= 15 is 0 Å². The number of phenols is 1. The van der Waals surface area contributed by atoms with E-state index in [1.807, 2.05) is 24.3 Å². The van der Waals surface area contributed by atoms with Gasteiger partial charge in [-0.05, 0) is 42.0 Å². The maximum Gasteiger partial charge on any atom is 0.205 e. The third-order valence-corrected chi connectivity index (χ3v) is 6.10. The molecule has 156 valence electrons. The Morgan fingerprint density at radius 3 is 2.61 bits per heavy atom. The Morgan fingerprint density at radius 2 is 1.87 bits per heavy atom. The molecule has 8 heteroatoms. The minimum absolute atomic E-state index is 0.0130. The first-order valence-corrected chi connectivity index (χ1v) is 10.7. The van der Waals surface area contributed by atoms with Gasteiger partial charge in [0, 0.05) is 21.7 Å². The number of fused-ring (bicyclic) bond motifs is 1. The topological polar surface area (TPSA) is 88.5 Å². The van der Waals surface area contributed by atoms with Crippen molar-refractivity contribution in [3.8, 4) is 23.3 Å². The number of hydrogen-bond donors (Lipinski definition) is 2. The van der Waals surface area contributed by atoms with Crippen LogP contribution >= 0.6 is 39.1 Å². The van der Waals surface area contributed by atoms with Gasteiger partial charge in [0.1, 0.15) is 35.5 Å². The number of hydrogen-bond acceptors (Lipinski definition) is 5. The van der Waals surface area contributed by atoms with Crippen LogP contribution in [0.3, 0.4) is 0 Å². The molecule has 0 fully saturated rings. The molecule has 0 spiro atoms. The highest BCUT2D eigenvalue weighted by Gasteiger charge is 2.33. The quantitative estimate of drug-likeness (QED) is 0.426. The summed E-state index contributed by atoms with van der Waals surface area (Å²) in [7, 11) is 0. The first kappa shape index (κ1) is 21.4. The second-order valence-corrected chi connectivity index (χ2v) is 8.60. The van der Waals surface area contributed by atoms with Gasteiger partial charge in [-0.2, -0.15) is 5.26 Å². The Balaban J connectivity index is 1.78. The van der Waals surface area contributed by atoms with E-state index in [0.717, 1.165) is 15.6 Å². The molecule has 0 aliphatic carbocycles. The van der Waals surface area contributed by atoms with Gasteiger partial charge in [-0.3, -0.25) is 0 Å². The number of rotatable bonds is 4. The Labute approximate surface area is 197 Å². The largest absolute Gasteiger partial charge is 0.508 e. The second kappa shape index (κ2) is 8.72. The number of nitriles is 1. The van der Waals surface area contributed by atoms with Crippen LogP contribution < -0.4 is 15.2 Å². The summed E-state index contributed by atoms with van der Waals surface area (Å²) in [5, 5.41) is 20.6. The molecule has 0 bridgehead atoms. The number of aromatic hydroxyl groups is 1. The van der Waals surface area contributed by atoms with E-state index in [1.54, 1.807) is 24.3 Å². The highest BCUT2D eigenvalue weighted by molar-refractivity contribution is 9.10. The maximum atomic E-state index is 9.85.